The molecule has 0 radical (unpaired) electrons. The summed E-state index contributed by atoms with van der Waals surface area (Å²) in [5.41, 5.74) is 0.214. The van der Waals surface area contributed by atoms with Crippen molar-refractivity contribution in [2.24, 2.45) is 7.05 Å². The van der Waals surface area contributed by atoms with Crippen LogP contribution in [0.4, 0.5) is 18.9 Å². The molecule has 0 amide bonds. The number of benzene rings is 2. The van der Waals surface area contributed by atoms with Crippen LogP contribution in [-0.2, 0) is 23.2 Å². The topological polar surface area (TPSA) is 52.0 Å². The summed E-state index contributed by atoms with van der Waals surface area (Å²) in [6, 6.07) is 14.1. The Labute approximate surface area is 173 Å². The molecular formula is C21H21F3N3O2S+. The van der Waals surface area contributed by atoms with Gasteiger partial charge in [0.05, 0.1) is 18.4 Å². The van der Waals surface area contributed by atoms with Crippen LogP contribution in [0.15, 0.2) is 72.1 Å². The first-order chi connectivity index (χ1) is 14.1. The van der Waals surface area contributed by atoms with Crippen molar-refractivity contribution in [2.45, 2.75) is 23.5 Å². The molecule has 5 nitrogen and oxygen atoms in total. The first kappa shape index (κ1) is 20.6. The third-order valence-electron chi connectivity index (χ3n) is 5.67. The monoisotopic (exact) mass is 436 g/mol. The molecule has 2 aromatic carbocycles. The normalized spacial score (nSPS) is 22.3. The lowest BCUT2D eigenvalue weighted by Crippen LogP contribution is -2.52. The molecule has 9 heteroatoms. The Balaban J connectivity index is 1.87. The van der Waals surface area contributed by atoms with Gasteiger partial charge in [0.25, 0.3) is 0 Å². The predicted octanol–water partition coefficient (Wildman–Crippen LogP) is 4.32. The van der Waals surface area contributed by atoms with Crippen LogP contribution >= 0.6 is 0 Å². The highest BCUT2D eigenvalue weighted by atomic mass is 32.2. The molecule has 0 saturated carbocycles. The van der Waals surface area contributed by atoms with Crippen LogP contribution in [0.1, 0.15) is 23.5 Å². The van der Waals surface area contributed by atoms with Crippen molar-refractivity contribution in [1.82, 2.24) is 13.4 Å². The van der Waals surface area contributed by atoms with Gasteiger partial charge in [-0.2, -0.15) is 25.5 Å². The van der Waals surface area contributed by atoms with E-state index in [1.165, 1.54) is 29.2 Å². The summed E-state index contributed by atoms with van der Waals surface area (Å²) in [6.07, 6.45) is -1.27. The van der Waals surface area contributed by atoms with Crippen molar-refractivity contribution in [3.05, 3.63) is 78.2 Å². The molecule has 0 bridgehead atoms. The van der Waals surface area contributed by atoms with E-state index in [1.54, 1.807) is 7.05 Å². The smallest absolute Gasteiger partial charge is 0.339 e. The van der Waals surface area contributed by atoms with Crippen molar-refractivity contribution < 1.29 is 21.6 Å². The van der Waals surface area contributed by atoms with Crippen molar-refractivity contribution >= 4 is 15.7 Å². The molecule has 0 spiro atoms. The second-order valence-electron chi connectivity index (χ2n) is 7.59. The highest BCUT2D eigenvalue weighted by molar-refractivity contribution is 7.90. The standard InChI is InChI=1S/C21H21F3N3O2S/c1-26-13-20(25-15-26)30(28,29)27(19-9-5-8-18(12-19)21(22,23)24)11-10-17(14-27)16-6-3-2-4-7-16/h2-9,12-13,15,17H,10-11,14H2,1H3/q+1/t17-,27?/m1/s1. The summed E-state index contributed by atoms with van der Waals surface area (Å²) < 4.78 is 68.5. The number of nitrogens with zero attached hydrogens (tertiary/aromatic N) is 3. The number of rotatable bonds is 4. The molecule has 0 aliphatic carbocycles. The van der Waals surface area contributed by atoms with Crippen LogP contribution in [0.25, 0.3) is 0 Å². The lowest BCUT2D eigenvalue weighted by Gasteiger charge is -2.32. The highest BCUT2D eigenvalue weighted by Crippen LogP contribution is 2.43. The number of aromatic nitrogens is 2. The molecule has 1 unspecified atom stereocenters. The largest absolute Gasteiger partial charge is 0.416 e. The fraction of sp³-hybridized carbons (Fsp3) is 0.286. The number of sulfonamides is 1. The van der Waals surface area contributed by atoms with Gasteiger partial charge in [-0.15, -0.1) is 0 Å². The minimum absolute atomic E-state index is 0.0979. The van der Waals surface area contributed by atoms with Crippen LogP contribution < -0.4 is 3.89 Å². The third kappa shape index (κ3) is 3.41. The molecule has 3 aromatic rings. The molecule has 1 saturated heterocycles. The molecule has 30 heavy (non-hydrogen) atoms. The second kappa shape index (κ2) is 7.24. The minimum Gasteiger partial charge on any atom is -0.339 e. The van der Waals surface area contributed by atoms with Gasteiger partial charge in [0.2, 0.25) is 5.03 Å². The zero-order valence-corrected chi connectivity index (χ0v) is 17.1. The number of halogens is 3. The molecule has 158 valence electrons. The molecule has 1 aliphatic rings. The van der Waals surface area contributed by atoms with E-state index >= 15 is 0 Å². The van der Waals surface area contributed by atoms with Gasteiger partial charge in [0, 0.05) is 37.7 Å². The molecule has 2 atom stereocenters. The summed E-state index contributed by atoms with van der Waals surface area (Å²) in [7, 11) is -2.45. The average Bonchev–Trinajstić information content (AvgIpc) is 3.36. The van der Waals surface area contributed by atoms with E-state index in [9.17, 15) is 21.6 Å². The first-order valence-corrected chi connectivity index (χ1v) is 10.9. The number of alkyl halides is 3. The second-order valence-corrected chi connectivity index (χ2v) is 9.66. The maximum atomic E-state index is 13.7. The Morgan fingerprint density at radius 1 is 1.10 bits per heavy atom. The van der Waals surface area contributed by atoms with Gasteiger partial charge in [0.1, 0.15) is 12.2 Å². The van der Waals surface area contributed by atoms with Crippen LogP contribution in [-0.4, -0.2) is 31.1 Å². The molecule has 1 fully saturated rings. The van der Waals surface area contributed by atoms with Gasteiger partial charge in [-0.1, -0.05) is 36.4 Å². The quantitative estimate of drug-likeness (QED) is 0.573. The Morgan fingerprint density at radius 3 is 2.47 bits per heavy atom. The predicted molar refractivity (Wildman–Crippen MR) is 107 cm³/mol. The highest BCUT2D eigenvalue weighted by Gasteiger charge is 2.53. The van der Waals surface area contributed by atoms with E-state index in [4.69, 9.17) is 0 Å². The number of hydrogen-bond donors (Lipinski definition) is 0. The van der Waals surface area contributed by atoms with Gasteiger partial charge in [-0.05, 0) is 11.6 Å². The number of imidazole rings is 1. The summed E-state index contributed by atoms with van der Waals surface area (Å²) in [5.74, 6) is -0.0979. The van der Waals surface area contributed by atoms with Crippen LogP contribution in [0.2, 0.25) is 0 Å². The van der Waals surface area contributed by atoms with E-state index in [-0.39, 0.29) is 29.7 Å². The third-order valence-corrected chi connectivity index (χ3v) is 7.88. The van der Waals surface area contributed by atoms with E-state index in [0.717, 1.165) is 17.7 Å². The summed E-state index contributed by atoms with van der Waals surface area (Å²) >= 11 is 0. The maximum Gasteiger partial charge on any atom is 0.416 e. The summed E-state index contributed by atoms with van der Waals surface area (Å²) in [6.45, 7) is 0.310. The lowest BCUT2D eigenvalue weighted by atomic mass is 9.99. The molecule has 1 aliphatic heterocycles. The lowest BCUT2D eigenvalue weighted by molar-refractivity contribution is -0.137. The first-order valence-electron chi connectivity index (χ1n) is 9.46. The molecule has 1 aromatic heterocycles. The maximum absolute atomic E-state index is 13.7. The average molecular weight is 436 g/mol. The van der Waals surface area contributed by atoms with E-state index in [0.29, 0.717) is 6.42 Å². The van der Waals surface area contributed by atoms with E-state index < -0.39 is 25.7 Å². The Hall–Kier alpha value is -2.65. The molecule has 2 heterocycles. The van der Waals surface area contributed by atoms with Gasteiger partial charge in [-0.25, -0.2) is 4.98 Å². The Morgan fingerprint density at radius 2 is 1.83 bits per heavy atom. The number of quaternary nitrogens is 1. The van der Waals surface area contributed by atoms with Gasteiger partial charge >= 0.3 is 16.2 Å². The van der Waals surface area contributed by atoms with Crippen molar-refractivity contribution in [3.8, 4) is 0 Å². The number of aryl methyl sites for hydroxylation is 1. The summed E-state index contributed by atoms with van der Waals surface area (Å²) in [5, 5.41) is -0.142. The van der Waals surface area contributed by atoms with Gasteiger partial charge in [0.15, 0.2) is 0 Å². The fourth-order valence-electron chi connectivity index (χ4n) is 4.13. The minimum atomic E-state index is -4.56. The fourth-order valence-corrected chi connectivity index (χ4v) is 6.08. The van der Waals surface area contributed by atoms with Crippen LogP contribution in [0, 0.1) is 0 Å². The zero-order valence-electron chi connectivity index (χ0n) is 16.2. The van der Waals surface area contributed by atoms with E-state index in [1.807, 2.05) is 30.3 Å². The molecule has 0 N–H and O–H groups in total. The summed E-state index contributed by atoms with van der Waals surface area (Å²) in [4.78, 5) is 4.01. The van der Waals surface area contributed by atoms with Crippen molar-refractivity contribution in [2.75, 3.05) is 13.1 Å². The SMILES string of the molecule is Cn1cnc(S(=O)(=O)[N+]2(c3cccc(C(F)(F)F)c3)CC[C@@H](c3ccccc3)C2)c1. The Bertz CT molecular complexity index is 1160. The van der Waals surface area contributed by atoms with Crippen molar-refractivity contribution in [1.29, 1.82) is 0 Å². The molecular weight excluding hydrogens is 415 g/mol. The van der Waals surface area contributed by atoms with Gasteiger partial charge < -0.3 is 4.57 Å². The molecule has 4 rings (SSSR count). The van der Waals surface area contributed by atoms with Crippen LogP contribution in [0.5, 0.6) is 0 Å². The van der Waals surface area contributed by atoms with Crippen molar-refractivity contribution in [3.63, 3.8) is 0 Å². The Kier molecular flexibility index (Phi) is 4.98. The van der Waals surface area contributed by atoms with Crippen LogP contribution in [0.3, 0.4) is 0 Å². The number of hydrogen-bond acceptors (Lipinski definition) is 3. The van der Waals surface area contributed by atoms with E-state index in [2.05, 4.69) is 4.98 Å². The zero-order chi connectivity index (χ0) is 21.6. The van der Waals surface area contributed by atoms with Gasteiger partial charge in [-0.3, -0.25) is 0 Å².